The van der Waals surface area contributed by atoms with Gasteiger partial charge in [0, 0.05) is 15.3 Å². The van der Waals surface area contributed by atoms with Crippen LogP contribution in [-0.4, -0.2) is 49.0 Å². The molecule has 6 nitrogen and oxygen atoms in total. The Morgan fingerprint density at radius 3 is 0.840 bits per heavy atom. The molecular formula is C15H27CrO6S3. The Hall–Kier alpha value is 0.0825. The van der Waals surface area contributed by atoms with Gasteiger partial charge in [-0.3, -0.25) is 0 Å². The molecule has 0 bridgehead atoms. The van der Waals surface area contributed by atoms with Crippen molar-refractivity contribution in [2.45, 2.75) is 77.6 Å². The van der Waals surface area contributed by atoms with Crippen molar-refractivity contribution in [3.05, 3.63) is 0 Å². The summed E-state index contributed by atoms with van der Waals surface area (Å²) in [4.78, 5) is 30.3. The Kier molecular flexibility index (Phi) is 29.0. The van der Waals surface area contributed by atoms with Crippen molar-refractivity contribution < 1.29 is 47.1 Å². The summed E-state index contributed by atoms with van der Waals surface area (Å²) in [7, 11) is 0. The van der Waals surface area contributed by atoms with Crippen LogP contribution in [0.1, 0.15) is 59.3 Å². The van der Waals surface area contributed by atoms with Crippen LogP contribution in [0.15, 0.2) is 0 Å². The smallest absolute Gasteiger partial charge is 0.739 e. The van der Waals surface area contributed by atoms with E-state index < -0.39 is 33.7 Å². The molecule has 0 aliphatic rings. The van der Waals surface area contributed by atoms with Gasteiger partial charge in [-0.1, -0.05) is 40.0 Å². The fraction of sp³-hybridized carbons (Fsp3) is 0.800. The van der Waals surface area contributed by atoms with E-state index in [9.17, 15) is 14.4 Å². The van der Waals surface area contributed by atoms with Crippen LogP contribution in [-0.2, 0) is 69.6 Å². The van der Waals surface area contributed by atoms with Gasteiger partial charge in [0.1, 0.15) is 0 Å². The molecule has 10 heteroatoms. The number of hydrogen-bond donors (Lipinski definition) is 3. The molecule has 25 heavy (non-hydrogen) atoms. The Morgan fingerprint density at radius 1 is 0.640 bits per heavy atom. The van der Waals surface area contributed by atoms with Crippen molar-refractivity contribution in [1.82, 2.24) is 0 Å². The average Bonchev–Trinajstić information content (AvgIpc) is 2.49. The first-order valence-corrected chi connectivity index (χ1v) is 8.94. The van der Waals surface area contributed by atoms with Crippen LogP contribution in [0.2, 0.25) is 0 Å². The van der Waals surface area contributed by atoms with Crippen LogP contribution in [0.3, 0.4) is 0 Å². The molecule has 0 aromatic rings. The SMILES string of the molecule is CCCC(O)C(=O)[S-].CCCC(O)C(=O)[S-].CCCC(O)C(=O)[S-].[Cr+3]. The van der Waals surface area contributed by atoms with Crippen LogP contribution in [0.25, 0.3) is 0 Å². The number of hydrogen-bond acceptors (Lipinski definition) is 9. The molecule has 0 spiro atoms. The summed E-state index contributed by atoms with van der Waals surface area (Å²) in [6.45, 7) is 5.67. The van der Waals surface area contributed by atoms with E-state index in [1.165, 1.54) is 0 Å². The summed E-state index contributed by atoms with van der Waals surface area (Å²) < 4.78 is 0. The quantitative estimate of drug-likeness (QED) is 0.435. The van der Waals surface area contributed by atoms with Gasteiger partial charge in [-0.25, -0.2) is 0 Å². The van der Waals surface area contributed by atoms with E-state index in [4.69, 9.17) is 15.3 Å². The predicted molar refractivity (Wildman–Crippen MR) is 99.9 cm³/mol. The second-order valence-corrected chi connectivity index (χ2v) is 6.08. The summed E-state index contributed by atoms with van der Waals surface area (Å²) in [6.07, 6.45) is 1.13. The zero-order valence-corrected chi connectivity index (χ0v) is 18.4. The minimum Gasteiger partial charge on any atom is -0.739 e. The number of aliphatic hydroxyl groups is 3. The molecule has 3 N–H and O–H groups in total. The molecule has 0 saturated carbocycles. The van der Waals surface area contributed by atoms with Gasteiger partial charge in [-0.15, -0.1) is 0 Å². The fourth-order valence-electron chi connectivity index (χ4n) is 1.17. The summed E-state index contributed by atoms with van der Waals surface area (Å²) in [5.41, 5.74) is 0. The van der Waals surface area contributed by atoms with E-state index >= 15 is 0 Å². The summed E-state index contributed by atoms with van der Waals surface area (Å²) in [5.74, 6) is 0. The van der Waals surface area contributed by atoms with Crippen LogP contribution in [0.4, 0.5) is 0 Å². The predicted octanol–water partition coefficient (Wildman–Crippen LogP) is 0.660. The first-order chi connectivity index (χ1) is 11.0. The fourth-order valence-corrected chi connectivity index (χ4v) is 1.53. The van der Waals surface area contributed by atoms with Gasteiger partial charge < -0.3 is 67.6 Å². The van der Waals surface area contributed by atoms with E-state index in [1.807, 2.05) is 20.8 Å². The molecule has 0 saturated heterocycles. The van der Waals surface area contributed by atoms with Gasteiger partial charge in [-0.2, -0.15) is 0 Å². The first kappa shape index (κ1) is 32.7. The number of aliphatic hydroxyl groups excluding tert-OH is 3. The molecule has 0 fully saturated rings. The van der Waals surface area contributed by atoms with Crippen molar-refractivity contribution in [3.63, 3.8) is 0 Å². The molecule has 0 aromatic heterocycles. The third-order valence-corrected chi connectivity index (χ3v) is 3.32. The van der Waals surface area contributed by atoms with E-state index in [0.717, 1.165) is 19.3 Å². The zero-order chi connectivity index (χ0) is 19.7. The van der Waals surface area contributed by atoms with Crippen molar-refractivity contribution >= 4 is 53.2 Å². The third-order valence-electron chi connectivity index (χ3n) is 2.50. The Bertz CT molecular complexity index is 306. The van der Waals surface area contributed by atoms with Gasteiger partial charge in [0.25, 0.3) is 0 Å². The van der Waals surface area contributed by atoms with Gasteiger partial charge in [0.05, 0.1) is 18.3 Å². The zero-order valence-electron chi connectivity index (χ0n) is 14.7. The molecule has 3 atom stereocenters. The number of carbonyl (C=O) groups is 3. The maximum atomic E-state index is 10.1. The van der Waals surface area contributed by atoms with E-state index in [1.54, 1.807) is 0 Å². The topological polar surface area (TPSA) is 112 Å². The van der Waals surface area contributed by atoms with Gasteiger partial charge >= 0.3 is 17.4 Å². The van der Waals surface area contributed by atoms with Crippen molar-refractivity contribution in [2.24, 2.45) is 0 Å². The molecule has 0 aliphatic carbocycles. The summed E-state index contributed by atoms with van der Waals surface area (Å²) >= 11 is 12.5. The Balaban J connectivity index is -0.000000130. The molecule has 0 aliphatic heterocycles. The largest absolute Gasteiger partial charge is 3.00 e. The summed E-state index contributed by atoms with van der Waals surface area (Å²) in [5, 5.41) is 24.4. The van der Waals surface area contributed by atoms with Crippen molar-refractivity contribution in [1.29, 1.82) is 0 Å². The standard InChI is InChI=1S/3C5H10O2S.Cr/c3*1-2-3-4(6)5(7)8;/h3*4,6H,2-3H2,1H3,(H,7,8);/q;;;+3/p-3. The van der Waals surface area contributed by atoms with Crippen LogP contribution >= 0.6 is 0 Å². The first-order valence-electron chi connectivity index (χ1n) is 7.71. The van der Waals surface area contributed by atoms with Crippen molar-refractivity contribution in [2.75, 3.05) is 0 Å². The second kappa shape index (κ2) is 22.1. The molecule has 0 aromatic carbocycles. The monoisotopic (exact) mass is 451 g/mol. The molecule has 3 unspecified atom stereocenters. The maximum absolute atomic E-state index is 10.1. The van der Waals surface area contributed by atoms with E-state index in [0.29, 0.717) is 19.3 Å². The Labute approximate surface area is 177 Å². The van der Waals surface area contributed by atoms with E-state index in [2.05, 4.69) is 37.9 Å². The molecule has 1 radical (unpaired) electrons. The second-order valence-electron chi connectivity index (χ2n) is 4.87. The molecule has 0 rings (SSSR count). The van der Waals surface area contributed by atoms with Crippen LogP contribution in [0, 0.1) is 0 Å². The normalized spacial score (nSPS) is 12.7. The van der Waals surface area contributed by atoms with Crippen molar-refractivity contribution in [3.8, 4) is 0 Å². The molecule has 0 amide bonds. The minimum absolute atomic E-state index is 0. The average molecular weight is 452 g/mol. The van der Waals surface area contributed by atoms with Gasteiger partial charge in [-0.05, 0) is 19.3 Å². The summed E-state index contributed by atoms with van der Waals surface area (Å²) in [6, 6.07) is 0. The molecule has 147 valence electrons. The maximum Gasteiger partial charge on any atom is 3.00 e. The Morgan fingerprint density at radius 2 is 0.800 bits per heavy atom. The van der Waals surface area contributed by atoms with Gasteiger partial charge in [0.15, 0.2) is 0 Å². The number of carbonyl (C=O) groups excluding carboxylic acids is 3. The van der Waals surface area contributed by atoms with Crippen LogP contribution < -0.4 is 0 Å². The van der Waals surface area contributed by atoms with Crippen LogP contribution in [0.5, 0.6) is 0 Å². The number of rotatable bonds is 9. The molecule has 0 heterocycles. The van der Waals surface area contributed by atoms with Gasteiger partial charge in [0.2, 0.25) is 0 Å². The van der Waals surface area contributed by atoms with E-state index in [-0.39, 0.29) is 17.4 Å². The molecular weight excluding hydrogens is 424 g/mol. The minimum atomic E-state index is -0.907. The third kappa shape index (κ3) is 26.4.